The van der Waals surface area contributed by atoms with Crippen LogP contribution in [0.5, 0.6) is 11.5 Å². The van der Waals surface area contributed by atoms with Gasteiger partial charge in [0.15, 0.2) is 11.5 Å². The van der Waals surface area contributed by atoms with Crippen molar-refractivity contribution in [2.24, 2.45) is 0 Å². The van der Waals surface area contributed by atoms with E-state index in [2.05, 4.69) is 0 Å². The molecule has 1 aliphatic rings. The minimum absolute atomic E-state index is 0.00579. The van der Waals surface area contributed by atoms with Crippen LogP contribution in [0.1, 0.15) is 35.2 Å². The first-order valence-electron chi connectivity index (χ1n) is 6.25. The summed E-state index contributed by atoms with van der Waals surface area (Å²) >= 11 is 0. The number of nitrogens with zero attached hydrogens (tertiary/aromatic N) is 1. The normalized spacial score (nSPS) is 14.7. The lowest BCUT2D eigenvalue weighted by molar-refractivity contribution is 0.0695. The molecule has 1 aromatic carbocycles. The van der Waals surface area contributed by atoms with Gasteiger partial charge in [0.1, 0.15) is 0 Å². The van der Waals surface area contributed by atoms with E-state index in [9.17, 15) is 4.79 Å². The quantitative estimate of drug-likeness (QED) is 0.884. The van der Waals surface area contributed by atoms with Gasteiger partial charge in [-0.1, -0.05) is 0 Å². The van der Waals surface area contributed by atoms with Crippen LogP contribution < -0.4 is 9.47 Å². The van der Waals surface area contributed by atoms with Crippen LogP contribution in [-0.2, 0) is 6.42 Å². The van der Waals surface area contributed by atoms with Gasteiger partial charge in [-0.25, -0.2) is 4.79 Å². The minimum atomic E-state index is -1.06. The monoisotopic (exact) mass is 261 g/mol. The van der Waals surface area contributed by atoms with Gasteiger partial charge in [0.05, 0.1) is 31.3 Å². The zero-order chi connectivity index (χ0) is 13.7. The van der Waals surface area contributed by atoms with E-state index in [0.717, 1.165) is 19.3 Å². The van der Waals surface area contributed by atoms with Gasteiger partial charge < -0.3 is 14.6 Å². The summed E-state index contributed by atoms with van der Waals surface area (Å²) in [4.78, 5) is 11.2. The van der Waals surface area contributed by atoms with Crippen LogP contribution in [0.15, 0.2) is 12.1 Å². The standard InChI is InChI=1S/C14H15NO4/c15-7-6-10-11(14(16)17)4-5-12-13(10)19-9-3-1-2-8-18-12/h4-5H,1-3,6,8-9H2,(H,16,17). The molecule has 2 rings (SSSR count). The van der Waals surface area contributed by atoms with E-state index in [1.807, 2.05) is 6.07 Å². The van der Waals surface area contributed by atoms with Crippen LogP contribution in [0.2, 0.25) is 0 Å². The Morgan fingerprint density at radius 3 is 2.68 bits per heavy atom. The fourth-order valence-electron chi connectivity index (χ4n) is 2.07. The molecule has 100 valence electrons. The van der Waals surface area contributed by atoms with Gasteiger partial charge in [-0.05, 0) is 31.4 Å². The number of ether oxygens (including phenoxy) is 2. The first-order valence-corrected chi connectivity index (χ1v) is 6.25. The Morgan fingerprint density at radius 2 is 2.00 bits per heavy atom. The number of carbonyl (C=O) groups is 1. The first kappa shape index (κ1) is 13.2. The van der Waals surface area contributed by atoms with Crippen molar-refractivity contribution in [3.63, 3.8) is 0 Å². The molecule has 0 aliphatic carbocycles. The molecule has 19 heavy (non-hydrogen) atoms. The number of carboxylic acids is 1. The number of rotatable bonds is 2. The lowest BCUT2D eigenvalue weighted by Crippen LogP contribution is -2.08. The SMILES string of the molecule is N#CCc1c(C(=O)O)ccc2c1OCCCCCO2. The molecule has 0 unspecified atom stereocenters. The van der Waals surface area contributed by atoms with E-state index >= 15 is 0 Å². The van der Waals surface area contributed by atoms with E-state index in [1.54, 1.807) is 6.07 Å². The molecule has 0 bridgehead atoms. The highest BCUT2D eigenvalue weighted by atomic mass is 16.5. The van der Waals surface area contributed by atoms with Crippen molar-refractivity contribution in [1.82, 2.24) is 0 Å². The number of nitriles is 1. The molecule has 0 saturated carbocycles. The summed E-state index contributed by atoms with van der Waals surface area (Å²) in [6.45, 7) is 1.09. The summed E-state index contributed by atoms with van der Waals surface area (Å²) in [5.74, 6) is -0.128. The molecule has 1 aliphatic heterocycles. The van der Waals surface area contributed by atoms with Crippen LogP contribution >= 0.6 is 0 Å². The lowest BCUT2D eigenvalue weighted by atomic mass is 10.0. The number of hydrogen-bond donors (Lipinski definition) is 1. The number of benzene rings is 1. The highest BCUT2D eigenvalue weighted by Crippen LogP contribution is 2.35. The second kappa shape index (κ2) is 6.10. The van der Waals surface area contributed by atoms with Crippen LogP contribution in [0.4, 0.5) is 0 Å². The maximum atomic E-state index is 11.2. The van der Waals surface area contributed by atoms with Crippen molar-refractivity contribution >= 4 is 5.97 Å². The Balaban J connectivity index is 2.48. The lowest BCUT2D eigenvalue weighted by Gasteiger charge is -2.15. The van der Waals surface area contributed by atoms with Crippen molar-refractivity contribution in [3.8, 4) is 17.6 Å². The molecule has 0 aromatic heterocycles. The molecule has 0 spiro atoms. The molecule has 5 nitrogen and oxygen atoms in total. The number of aromatic carboxylic acids is 1. The largest absolute Gasteiger partial charge is 0.490 e. The summed E-state index contributed by atoms with van der Waals surface area (Å²) in [5, 5.41) is 18.0. The number of carboxylic acid groups (broad SMARTS) is 1. The average molecular weight is 261 g/mol. The Bertz CT molecular complexity index is 519. The molecule has 0 atom stereocenters. The Hall–Kier alpha value is -2.22. The Kier molecular flexibility index (Phi) is 4.24. The zero-order valence-electron chi connectivity index (χ0n) is 10.5. The van der Waals surface area contributed by atoms with Gasteiger partial charge in [0, 0.05) is 5.56 Å². The third-order valence-electron chi connectivity index (χ3n) is 3.00. The fourth-order valence-corrected chi connectivity index (χ4v) is 2.07. The van der Waals surface area contributed by atoms with Crippen LogP contribution in [0.3, 0.4) is 0 Å². The number of fused-ring (bicyclic) bond motifs is 1. The summed E-state index contributed by atoms with van der Waals surface area (Å²) in [5.41, 5.74) is 0.498. The van der Waals surface area contributed by atoms with Crippen molar-refractivity contribution in [2.45, 2.75) is 25.7 Å². The molecule has 0 saturated heterocycles. The van der Waals surface area contributed by atoms with Gasteiger partial charge in [-0.3, -0.25) is 0 Å². The third kappa shape index (κ3) is 2.97. The van der Waals surface area contributed by atoms with Gasteiger partial charge in [0.25, 0.3) is 0 Å². The predicted octanol–water partition coefficient (Wildman–Crippen LogP) is 2.39. The third-order valence-corrected chi connectivity index (χ3v) is 3.00. The van der Waals surface area contributed by atoms with Crippen molar-refractivity contribution in [3.05, 3.63) is 23.3 Å². The highest BCUT2D eigenvalue weighted by Gasteiger charge is 2.20. The van der Waals surface area contributed by atoms with E-state index in [-0.39, 0.29) is 12.0 Å². The summed E-state index contributed by atoms with van der Waals surface area (Å²) in [6.07, 6.45) is 2.84. The summed E-state index contributed by atoms with van der Waals surface area (Å²) in [6, 6.07) is 5.05. The van der Waals surface area contributed by atoms with Gasteiger partial charge >= 0.3 is 5.97 Å². The Morgan fingerprint density at radius 1 is 1.26 bits per heavy atom. The second-order valence-corrected chi connectivity index (χ2v) is 4.32. The molecule has 1 N–H and O–H groups in total. The molecule has 0 fully saturated rings. The first-order chi connectivity index (χ1) is 9.24. The predicted molar refractivity (Wildman–Crippen MR) is 67.6 cm³/mol. The van der Waals surface area contributed by atoms with Crippen LogP contribution in [0.25, 0.3) is 0 Å². The summed E-state index contributed by atoms with van der Waals surface area (Å²) < 4.78 is 11.2. The average Bonchev–Trinajstić information content (AvgIpc) is 2.50. The van der Waals surface area contributed by atoms with Gasteiger partial charge in [0.2, 0.25) is 0 Å². The maximum absolute atomic E-state index is 11.2. The van der Waals surface area contributed by atoms with Gasteiger partial charge in [-0.15, -0.1) is 0 Å². The van der Waals surface area contributed by atoms with Crippen molar-refractivity contribution in [2.75, 3.05) is 13.2 Å². The maximum Gasteiger partial charge on any atom is 0.336 e. The van der Waals surface area contributed by atoms with E-state index in [4.69, 9.17) is 19.8 Å². The van der Waals surface area contributed by atoms with E-state index in [0.29, 0.717) is 30.3 Å². The van der Waals surface area contributed by atoms with E-state index in [1.165, 1.54) is 6.07 Å². The molecular weight excluding hydrogens is 246 g/mol. The van der Waals surface area contributed by atoms with Crippen molar-refractivity contribution in [1.29, 1.82) is 5.26 Å². The molecule has 1 heterocycles. The smallest absolute Gasteiger partial charge is 0.336 e. The summed E-state index contributed by atoms with van der Waals surface area (Å²) in [7, 11) is 0. The molecule has 0 radical (unpaired) electrons. The molecule has 1 aromatic rings. The van der Waals surface area contributed by atoms with E-state index < -0.39 is 5.97 Å². The Labute approximate surface area is 111 Å². The minimum Gasteiger partial charge on any atom is -0.490 e. The zero-order valence-corrected chi connectivity index (χ0v) is 10.5. The topological polar surface area (TPSA) is 79.6 Å². The van der Waals surface area contributed by atoms with Crippen LogP contribution in [-0.4, -0.2) is 24.3 Å². The highest BCUT2D eigenvalue weighted by molar-refractivity contribution is 5.91. The second-order valence-electron chi connectivity index (χ2n) is 4.32. The van der Waals surface area contributed by atoms with Gasteiger partial charge in [-0.2, -0.15) is 5.26 Å². The molecule has 0 amide bonds. The molecular formula is C14H15NO4. The fraction of sp³-hybridized carbons (Fsp3) is 0.429. The van der Waals surface area contributed by atoms with Crippen LogP contribution in [0, 0.1) is 11.3 Å². The number of hydrogen-bond acceptors (Lipinski definition) is 4. The van der Waals surface area contributed by atoms with Crippen molar-refractivity contribution < 1.29 is 19.4 Å². The molecule has 5 heteroatoms.